The van der Waals surface area contributed by atoms with Crippen LogP contribution >= 0.6 is 11.6 Å². The molecule has 2 rings (SSSR count). The molecule has 1 saturated heterocycles. The number of anilines is 2. The molecule has 1 aliphatic heterocycles. The van der Waals surface area contributed by atoms with Gasteiger partial charge in [-0.05, 0) is 25.2 Å². The number of benzene rings is 1. The highest BCUT2D eigenvalue weighted by atomic mass is 35.5. The molecule has 0 spiro atoms. The maximum Gasteiger partial charge on any atom is 0.133 e. The van der Waals surface area contributed by atoms with E-state index in [4.69, 9.17) is 16.3 Å². The molecule has 5 nitrogen and oxygen atoms in total. The van der Waals surface area contributed by atoms with E-state index in [-0.39, 0.29) is 0 Å². The van der Waals surface area contributed by atoms with Crippen LogP contribution in [0.4, 0.5) is 11.4 Å². The zero-order valence-electron chi connectivity index (χ0n) is 14.0. The predicted molar refractivity (Wildman–Crippen MR) is 95.4 cm³/mol. The molecule has 0 bridgehead atoms. The molecule has 6 heteroatoms. The highest BCUT2D eigenvalue weighted by Gasteiger charge is 2.13. The van der Waals surface area contributed by atoms with E-state index in [1.165, 1.54) is 0 Å². The number of rotatable bonds is 4. The van der Waals surface area contributed by atoms with Crippen LogP contribution in [-0.4, -0.2) is 53.2 Å². The standard InChI is InChI=1S/C11H15ClN2O.C3H7NO.C2H6/c1-13-9-2-3-11(10(12)8-9)14-4-6-15-7-5-14;1-4-2-3-5;1-2/h2-3,8,13H,4-7H2,1H3;3-4H,2H2,1H3;1-2H3. The van der Waals surface area contributed by atoms with Gasteiger partial charge in [-0.3, -0.25) is 0 Å². The van der Waals surface area contributed by atoms with Crippen LogP contribution in [0.3, 0.4) is 0 Å². The fraction of sp³-hybridized carbons (Fsp3) is 0.562. The summed E-state index contributed by atoms with van der Waals surface area (Å²) in [5, 5.41) is 6.51. The van der Waals surface area contributed by atoms with Crippen molar-refractivity contribution in [3.8, 4) is 0 Å². The Labute approximate surface area is 139 Å². The van der Waals surface area contributed by atoms with E-state index < -0.39 is 0 Å². The number of carbonyl (C=O) groups excluding carboxylic acids is 1. The molecule has 1 aliphatic rings. The maximum absolute atomic E-state index is 9.34. The number of morpholine rings is 1. The first kappa shape index (κ1) is 20.7. The van der Waals surface area contributed by atoms with Crippen LogP contribution in [-0.2, 0) is 9.53 Å². The van der Waals surface area contributed by atoms with Gasteiger partial charge in [-0.15, -0.1) is 0 Å². The monoisotopic (exact) mass is 329 g/mol. The van der Waals surface area contributed by atoms with E-state index in [2.05, 4.69) is 21.6 Å². The van der Waals surface area contributed by atoms with Gasteiger partial charge in [0.1, 0.15) is 6.29 Å². The summed E-state index contributed by atoms with van der Waals surface area (Å²) >= 11 is 6.22. The van der Waals surface area contributed by atoms with Gasteiger partial charge in [0.2, 0.25) is 0 Å². The summed E-state index contributed by atoms with van der Waals surface area (Å²) in [7, 11) is 3.62. The van der Waals surface area contributed by atoms with Crippen molar-refractivity contribution in [2.24, 2.45) is 0 Å². The fourth-order valence-corrected chi connectivity index (χ4v) is 2.11. The van der Waals surface area contributed by atoms with Gasteiger partial charge >= 0.3 is 0 Å². The van der Waals surface area contributed by atoms with Crippen molar-refractivity contribution in [1.29, 1.82) is 0 Å². The molecule has 1 aromatic rings. The Morgan fingerprint density at radius 3 is 2.32 bits per heavy atom. The smallest absolute Gasteiger partial charge is 0.133 e. The molecule has 126 valence electrons. The Bertz CT molecular complexity index is 410. The van der Waals surface area contributed by atoms with Crippen LogP contribution in [0.5, 0.6) is 0 Å². The van der Waals surface area contributed by atoms with E-state index >= 15 is 0 Å². The van der Waals surface area contributed by atoms with Crippen LogP contribution in [0, 0.1) is 0 Å². The third-order valence-corrected chi connectivity index (χ3v) is 3.18. The molecular weight excluding hydrogens is 302 g/mol. The number of halogens is 1. The summed E-state index contributed by atoms with van der Waals surface area (Å²) in [6.45, 7) is 7.85. The number of ether oxygens (including phenoxy) is 1. The lowest BCUT2D eigenvalue weighted by Crippen LogP contribution is -2.36. The molecule has 1 aromatic carbocycles. The van der Waals surface area contributed by atoms with E-state index in [1.807, 2.05) is 33.0 Å². The highest BCUT2D eigenvalue weighted by molar-refractivity contribution is 6.33. The van der Waals surface area contributed by atoms with Crippen LogP contribution in [0.1, 0.15) is 13.8 Å². The first-order valence-corrected chi connectivity index (χ1v) is 7.99. The Balaban J connectivity index is 0.000000540. The second-order valence-corrected chi connectivity index (χ2v) is 4.65. The van der Waals surface area contributed by atoms with Crippen LogP contribution in [0.2, 0.25) is 5.02 Å². The predicted octanol–water partition coefficient (Wildman–Crippen LogP) is 2.65. The number of nitrogens with one attached hydrogen (secondary N) is 2. The van der Waals surface area contributed by atoms with Crippen molar-refractivity contribution in [2.45, 2.75) is 13.8 Å². The molecule has 0 unspecified atom stereocenters. The first-order valence-electron chi connectivity index (χ1n) is 7.61. The zero-order chi connectivity index (χ0) is 16.8. The number of likely N-dealkylation sites (N-methyl/N-ethyl adjacent to an activating group) is 1. The molecular formula is C16H28ClN3O2. The molecule has 0 atom stereocenters. The van der Waals surface area contributed by atoms with Gasteiger partial charge in [-0.1, -0.05) is 25.4 Å². The van der Waals surface area contributed by atoms with Crippen molar-refractivity contribution >= 4 is 29.3 Å². The second-order valence-electron chi connectivity index (χ2n) is 4.24. The van der Waals surface area contributed by atoms with Crippen LogP contribution in [0.25, 0.3) is 0 Å². The van der Waals surface area contributed by atoms with E-state index in [0.29, 0.717) is 6.54 Å². The normalized spacial score (nSPS) is 13.2. The van der Waals surface area contributed by atoms with Crippen molar-refractivity contribution in [1.82, 2.24) is 5.32 Å². The number of aldehydes is 1. The molecule has 0 radical (unpaired) electrons. The highest BCUT2D eigenvalue weighted by Crippen LogP contribution is 2.29. The Kier molecular flexibility index (Phi) is 12.6. The van der Waals surface area contributed by atoms with Crippen molar-refractivity contribution < 1.29 is 9.53 Å². The third-order valence-electron chi connectivity index (χ3n) is 2.88. The summed E-state index contributed by atoms with van der Waals surface area (Å²) in [6, 6.07) is 6.04. The van der Waals surface area contributed by atoms with Crippen molar-refractivity contribution in [3.63, 3.8) is 0 Å². The molecule has 22 heavy (non-hydrogen) atoms. The maximum atomic E-state index is 9.34. The third kappa shape index (κ3) is 7.64. The number of carbonyl (C=O) groups is 1. The summed E-state index contributed by atoms with van der Waals surface area (Å²) in [5.41, 5.74) is 2.14. The van der Waals surface area contributed by atoms with E-state index in [1.54, 1.807) is 7.05 Å². The van der Waals surface area contributed by atoms with Gasteiger partial charge in [-0.2, -0.15) is 0 Å². The van der Waals surface area contributed by atoms with Gasteiger partial charge in [0, 0.05) is 25.8 Å². The minimum absolute atomic E-state index is 0.458. The number of hydrogen-bond acceptors (Lipinski definition) is 5. The minimum atomic E-state index is 0.458. The zero-order valence-corrected chi connectivity index (χ0v) is 14.7. The number of hydrogen-bond donors (Lipinski definition) is 2. The average Bonchev–Trinajstić information content (AvgIpc) is 2.58. The summed E-state index contributed by atoms with van der Waals surface area (Å²) in [6.07, 6.45) is 0.819. The molecule has 2 N–H and O–H groups in total. The molecule has 0 amide bonds. The Morgan fingerprint density at radius 2 is 1.91 bits per heavy atom. The van der Waals surface area contributed by atoms with Crippen molar-refractivity contribution in [3.05, 3.63) is 23.2 Å². The SMILES string of the molecule is CC.CNCC=O.CNc1ccc(N2CCOCC2)c(Cl)c1. The topological polar surface area (TPSA) is 53.6 Å². The van der Waals surface area contributed by atoms with Gasteiger partial charge in [0.05, 0.1) is 30.5 Å². The molecule has 0 saturated carbocycles. The lowest BCUT2D eigenvalue weighted by atomic mass is 10.2. The second kappa shape index (κ2) is 13.4. The van der Waals surface area contributed by atoms with Crippen LogP contribution < -0.4 is 15.5 Å². The van der Waals surface area contributed by atoms with Gasteiger partial charge in [-0.25, -0.2) is 0 Å². The number of nitrogens with zero attached hydrogens (tertiary/aromatic N) is 1. The van der Waals surface area contributed by atoms with Gasteiger partial charge in [0.25, 0.3) is 0 Å². The van der Waals surface area contributed by atoms with E-state index in [9.17, 15) is 4.79 Å². The lowest BCUT2D eigenvalue weighted by molar-refractivity contribution is -0.107. The molecule has 1 heterocycles. The average molecular weight is 330 g/mol. The van der Waals surface area contributed by atoms with Gasteiger partial charge < -0.3 is 25.1 Å². The van der Waals surface area contributed by atoms with Crippen molar-refractivity contribution in [2.75, 3.05) is 57.2 Å². The van der Waals surface area contributed by atoms with Crippen LogP contribution in [0.15, 0.2) is 18.2 Å². The summed E-state index contributed by atoms with van der Waals surface area (Å²) in [4.78, 5) is 11.6. The van der Waals surface area contributed by atoms with Gasteiger partial charge in [0.15, 0.2) is 0 Å². The molecule has 0 aromatic heterocycles. The molecule has 1 fully saturated rings. The van der Waals surface area contributed by atoms with E-state index in [0.717, 1.165) is 49.0 Å². The largest absolute Gasteiger partial charge is 0.388 e. The fourth-order valence-electron chi connectivity index (χ4n) is 1.81. The summed E-state index contributed by atoms with van der Waals surface area (Å²) in [5.74, 6) is 0. The summed E-state index contributed by atoms with van der Waals surface area (Å²) < 4.78 is 5.31. The Morgan fingerprint density at radius 1 is 1.27 bits per heavy atom. The Hall–Kier alpha value is -1.30. The molecule has 0 aliphatic carbocycles. The first-order chi connectivity index (χ1) is 10.7. The minimum Gasteiger partial charge on any atom is -0.388 e. The lowest BCUT2D eigenvalue weighted by Gasteiger charge is -2.29. The quantitative estimate of drug-likeness (QED) is 0.832.